The van der Waals surface area contributed by atoms with Gasteiger partial charge in [0, 0.05) is 13.2 Å². The van der Waals surface area contributed by atoms with E-state index < -0.39 is 16.6 Å². The van der Waals surface area contributed by atoms with E-state index in [0.717, 1.165) is 18.2 Å². The number of benzene rings is 1. The maximum atomic E-state index is 12.1. The molecule has 0 heterocycles. The second kappa shape index (κ2) is 8.47. The Balaban J connectivity index is 2.68. The third-order valence-electron chi connectivity index (χ3n) is 2.56. The zero-order valence-electron chi connectivity index (χ0n) is 11.1. The molecule has 0 saturated heterocycles. The molecule has 9 heteroatoms. The summed E-state index contributed by atoms with van der Waals surface area (Å²) in [6.07, 6.45) is 1.88. The van der Waals surface area contributed by atoms with Gasteiger partial charge < -0.3 is 9.84 Å². The molecule has 0 aliphatic heterocycles. The highest BCUT2D eigenvalue weighted by Crippen LogP contribution is 2.28. The summed E-state index contributed by atoms with van der Waals surface area (Å²) in [4.78, 5) is -0.128. The minimum absolute atomic E-state index is 0.0634. The smallest absolute Gasteiger partial charge is 0.387 e. The van der Waals surface area contributed by atoms with Crippen LogP contribution in [-0.2, 0) is 10.0 Å². The second-order valence-corrected chi connectivity index (χ2v) is 6.33. The summed E-state index contributed by atoms with van der Waals surface area (Å²) in [5.74, 6) is -0.284. The predicted molar refractivity (Wildman–Crippen MR) is 74.2 cm³/mol. The van der Waals surface area contributed by atoms with Crippen LogP contribution in [0.1, 0.15) is 19.3 Å². The third-order valence-corrected chi connectivity index (χ3v) is 4.31. The number of sulfonamides is 1. The lowest BCUT2D eigenvalue weighted by atomic mass is 10.2. The van der Waals surface area contributed by atoms with E-state index in [9.17, 15) is 17.2 Å². The van der Waals surface area contributed by atoms with Gasteiger partial charge in [0.25, 0.3) is 0 Å². The first-order chi connectivity index (χ1) is 9.86. The standard InChI is InChI=1S/C12H16ClF2NO4S/c13-10-8-9(4-5-11(10)20-12(14)15)21(18,19)16-6-2-1-3-7-17/h4-5,8,12,16-17H,1-3,6-7H2. The van der Waals surface area contributed by atoms with Gasteiger partial charge in [0.1, 0.15) is 5.75 Å². The SMILES string of the molecule is O=S(=O)(NCCCCCO)c1ccc(OC(F)F)c(Cl)c1. The highest BCUT2D eigenvalue weighted by Gasteiger charge is 2.16. The van der Waals surface area contributed by atoms with Gasteiger partial charge in [0.05, 0.1) is 9.92 Å². The van der Waals surface area contributed by atoms with Crippen molar-refractivity contribution in [3.05, 3.63) is 23.2 Å². The van der Waals surface area contributed by atoms with Crippen LogP contribution in [0.3, 0.4) is 0 Å². The number of ether oxygens (including phenoxy) is 1. The van der Waals surface area contributed by atoms with Crippen LogP contribution in [0.2, 0.25) is 5.02 Å². The Bertz CT molecular complexity index is 554. The molecule has 1 rings (SSSR count). The van der Waals surface area contributed by atoms with Crippen molar-refractivity contribution >= 4 is 21.6 Å². The first-order valence-electron chi connectivity index (χ1n) is 6.21. The van der Waals surface area contributed by atoms with Gasteiger partial charge in [-0.2, -0.15) is 8.78 Å². The van der Waals surface area contributed by atoms with Crippen molar-refractivity contribution in [3.63, 3.8) is 0 Å². The molecule has 0 spiro atoms. The van der Waals surface area contributed by atoms with E-state index in [1.165, 1.54) is 0 Å². The molecular weight excluding hydrogens is 328 g/mol. The number of unbranched alkanes of at least 4 members (excludes halogenated alkanes) is 2. The number of hydrogen-bond donors (Lipinski definition) is 2. The Morgan fingerprint density at radius 2 is 2.00 bits per heavy atom. The van der Waals surface area contributed by atoms with Crippen LogP contribution in [0.5, 0.6) is 5.75 Å². The summed E-state index contributed by atoms with van der Waals surface area (Å²) in [6, 6.07) is 3.27. The van der Waals surface area contributed by atoms with Crippen molar-refractivity contribution in [1.82, 2.24) is 4.72 Å². The number of halogens is 3. The van der Waals surface area contributed by atoms with E-state index >= 15 is 0 Å². The zero-order valence-corrected chi connectivity index (χ0v) is 12.6. The molecule has 120 valence electrons. The number of aliphatic hydroxyl groups is 1. The lowest BCUT2D eigenvalue weighted by molar-refractivity contribution is -0.0498. The molecule has 1 aromatic rings. The molecule has 0 saturated carbocycles. The fourth-order valence-corrected chi connectivity index (χ4v) is 2.93. The van der Waals surface area contributed by atoms with Crippen molar-refractivity contribution in [2.75, 3.05) is 13.2 Å². The molecule has 2 N–H and O–H groups in total. The first-order valence-corrected chi connectivity index (χ1v) is 8.08. The van der Waals surface area contributed by atoms with Crippen molar-refractivity contribution < 1.29 is 27.0 Å². The topological polar surface area (TPSA) is 75.6 Å². The van der Waals surface area contributed by atoms with E-state index in [1.807, 2.05) is 0 Å². The van der Waals surface area contributed by atoms with Gasteiger partial charge in [-0.05, 0) is 37.5 Å². The lowest BCUT2D eigenvalue weighted by Crippen LogP contribution is -2.24. The average Bonchev–Trinajstić information content (AvgIpc) is 2.40. The van der Waals surface area contributed by atoms with Crippen molar-refractivity contribution in [2.45, 2.75) is 30.8 Å². The number of aliphatic hydroxyl groups excluding tert-OH is 1. The van der Waals surface area contributed by atoms with E-state index in [-0.39, 0.29) is 28.8 Å². The van der Waals surface area contributed by atoms with Gasteiger partial charge in [-0.25, -0.2) is 13.1 Å². The van der Waals surface area contributed by atoms with Crippen LogP contribution in [-0.4, -0.2) is 33.3 Å². The maximum Gasteiger partial charge on any atom is 0.387 e. The molecule has 5 nitrogen and oxygen atoms in total. The highest BCUT2D eigenvalue weighted by atomic mass is 35.5. The van der Waals surface area contributed by atoms with Gasteiger partial charge >= 0.3 is 6.61 Å². The summed E-state index contributed by atoms with van der Waals surface area (Å²) in [5, 5.41) is 8.39. The van der Waals surface area contributed by atoms with Crippen molar-refractivity contribution in [2.24, 2.45) is 0 Å². The van der Waals surface area contributed by atoms with Crippen molar-refractivity contribution in [1.29, 1.82) is 0 Å². The Labute approximate surface area is 126 Å². The van der Waals surface area contributed by atoms with Crippen molar-refractivity contribution in [3.8, 4) is 5.75 Å². The largest absolute Gasteiger partial charge is 0.433 e. The first kappa shape index (κ1) is 18.1. The van der Waals surface area contributed by atoms with Gasteiger partial charge in [-0.15, -0.1) is 0 Å². The molecule has 0 fully saturated rings. The lowest BCUT2D eigenvalue weighted by Gasteiger charge is -2.10. The van der Waals surface area contributed by atoms with Crippen LogP contribution in [0.4, 0.5) is 8.78 Å². The van der Waals surface area contributed by atoms with Crippen LogP contribution >= 0.6 is 11.6 Å². The van der Waals surface area contributed by atoms with Crippen LogP contribution in [0.25, 0.3) is 0 Å². The Morgan fingerprint density at radius 3 is 2.57 bits per heavy atom. The van der Waals surface area contributed by atoms with Crippen LogP contribution in [0.15, 0.2) is 23.1 Å². The molecule has 0 aromatic heterocycles. The van der Waals surface area contributed by atoms with Gasteiger partial charge in [-0.1, -0.05) is 11.6 Å². The second-order valence-electron chi connectivity index (χ2n) is 4.15. The molecule has 0 atom stereocenters. The molecule has 0 aliphatic carbocycles. The average molecular weight is 344 g/mol. The van der Waals surface area contributed by atoms with E-state index in [0.29, 0.717) is 19.3 Å². The van der Waals surface area contributed by atoms with Gasteiger partial charge in [0.15, 0.2) is 0 Å². The third kappa shape index (κ3) is 6.13. The normalized spacial score (nSPS) is 11.9. The molecule has 21 heavy (non-hydrogen) atoms. The predicted octanol–water partition coefficient (Wildman–Crippen LogP) is 2.38. The summed E-state index contributed by atoms with van der Waals surface area (Å²) in [5.41, 5.74) is 0. The number of hydrogen-bond acceptors (Lipinski definition) is 4. The Kier molecular flexibility index (Phi) is 7.30. The molecule has 1 aromatic carbocycles. The monoisotopic (exact) mass is 343 g/mol. The summed E-state index contributed by atoms with van der Waals surface area (Å²) < 4.78 is 54.5. The Morgan fingerprint density at radius 1 is 1.29 bits per heavy atom. The Hall–Kier alpha value is -0.960. The highest BCUT2D eigenvalue weighted by molar-refractivity contribution is 7.89. The fraction of sp³-hybridized carbons (Fsp3) is 0.500. The quantitative estimate of drug-likeness (QED) is 0.675. The van der Waals surface area contributed by atoms with E-state index in [4.69, 9.17) is 16.7 Å². The molecule has 0 bridgehead atoms. The minimum atomic E-state index is -3.76. The van der Waals surface area contributed by atoms with Crippen LogP contribution < -0.4 is 9.46 Å². The summed E-state index contributed by atoms with van der Waals surface area (Å²) in [6.45, 7) is -2.75. The maximum absolute atomic E-state index is 12.1. The molecule has 0 aliphatic rings. The summed E-state index contributed by atoms with van der Waals surface area (Å²) in [7, 11) is -3.76. The van der Waals surface area contributed by atoms with E-state index in [1.54, 1.807) is 0 Å². The minimum Gasteiger partial charge on any atom is -0.433 e. The summed E-state index contributed by atoms with van der Waals surface area (Å²) >= 11 is 5.70. The zero-order chi connectivity index (χ0) is 15.9. The van der Waals surface area contributed by atoms with Gasteiger partial charge in [-0.3, -0.25) is 0 Å². The number of nitrogens with one attached hydrogen (secondary N) is 1. The molecule has 0 unspecified atom stereocenters. The number of alkyl halides is 2. The molecular formula is C12H16ClF2NO4S. The van der Waals surface area contributed by atoms with E-state index in [2.05, 4.69) is 9.46 Å². The molecule has 0 radical (unpaired) electrons. The van der Waals surface area contributed by atoms with Crippen LogP contribution in [0, 0.1) is 0 Å². The molecule has 0 amide bonds. The van der Waals surface area contributed by atoms with Gasteiger partial charge in [0.2, 0.25) is 10.0 Å². The fourth-order valence-electron chi connectivity index (χ4n) is 1.54. The number of rotatable bonds is 9.